The quantitative estimate of drug-likeness (QED) is 0.891. The van der Waals surface area contributed by atoms with Crippen LogP contribution in [0.2, 0.25) is 0 Å². The Morgan fingerprint density at radius 3 is 3.05 bits per heavy atom. The molecule has 0 aliphatic rings. The SMILES string of the molecule is CC(C)CCNc1cnn(-c2ncccc2C#N)c1. The molecular formula is C14H17N5. The molecule has 0 fully saturated rings. The highest BCUT2D eigenvalue weighted by atomic mass is 15.3. The topological polar surface area (TPSA) is 66.5 Å². The molecule has 0 radical (unpaired) electrons. The zero-order valence-electron chi connectivity index (χ0n) is 11.2. The molecule has 0 atom stereocenters. The van der Waals surface area contributed by atoms with Crippen LogP contribution in [0.1, 0.15) is 25.8 Å². The first-order valence-electron chi connectivity index (χ1n) is 6.34. The van der Waals surface area contributed by atoms with Gasteiger partial charge in [-0.2, -0.15) is 10.4 Å². The number of nitriles is 1. The minimum Gasteiger partial charge on any atom is -0.382 e. The van der Waals surface area contributed by atoms with Crippen LogP contribution in [0.25, 0.3) is 5.82 Å². The first-order chi connectivity index (χ1) is 9.20. The molecule has 2 aromatic rings. The van der Waals surface area contributed by atoms with Crippen LogP contribution >= 0.6 is 0 Å². The van der Waals surface area contributed by atoms with E-state index < -0.39 is 0 Å². The van der Waals surface area contributed by atoms with Crippen LogP contribution in [0, 0.1) is 17.2 Å². The Hall–Kier alpha value is -2.35. The summed E-state index contributed by atoms with van der Waals surface area (Å²) in [6.45, 7) is 5.30. The first kappa shape index (κ1) is 13.1. The van der Waals surface area contributed by atoms with E-state index in [2.05, 4.69) is 35.3 Å². The van der Waals surface area contributed by atoms with Crippen molar-refractivity contribution in [2.45, 2.75) is 20.3 Å². The Morgan fingerprint density at radius 2 is 2.32 bits per heavy atom. The first-order valence-corrected chi connectivity index (χ1v) is 6.34. The summed E-state index contributed by atoms with van der Waals surface area (Å²) in [5, 5.41) is 16.6. The maximum absolute atomic E-state index is 9.04. The summed E-state index contributed by atoms with van der Waals surface area (Å²) in [6, 6.07) is 5.59. The van der Waals surface area contributed by atoms with Crippen molar-refractivity contribution >= 4 is 5.69 Å². The van der Waals surface area contributed by atoms with Gasteiger partial charge in [-0.3, -0.25) is 0 Å². The third-order valence-corrected chi connectivity index (χ3v) is 2.76. The van der Waals surface area contributed by atoms with Gasteiger partial charge in [-0.15, -0.1) is 0 Å². The van der Waals surface area contributed by atoms with E-state index in [9.17, 15) is 0 Å². The molecule has 5 heteroatoms. The third-order valence-electron chi connectivity index (χ3n) is 2.76. The molecule has 19 heavy (non-hydrogen) atoms. The molecule has 0 aliphatic carbocycles. The van der Waals surface area contributed by atoms with Crippen molar-refractivity contribution in [3.63, 3.8) is 0 Å². The number of pyridine rings is 1. The number of rotatable bonds is 5. The van der Waals surface area contributed by atoms with E-state index >= 15 is 0 Å². The number of hydrogen-bond donors (Lipinski definition) is 1. The summed E-state index contributed by atoms with van der Waals surface area (Å²) in [7, 11) is 0. The number of nitrogens with zero attached hydrogens (tertiary/aromatic N) is 4. The largest absolute Gasteiger partial charge is 0.382 e. The van der Waals surface area contributed by atoms with Gasteiger partial charge in [0.15, 0.2) is 5.82 Å². The van der Waals surface area contributed by atoms with Gasteiger partial charge >= 0.3 is 0 Å². The fourth-order valence-corrected chi connectivity index (χ4v) is 1.70. The molecule has 98 valence electrons. The Balaban J connectivity index is 2.11. The Bertz CT molecular complexity index is 580. The van der Waals surface area contributed by atoms with Crippen LogP contribution in [0.4, 0.5) is 5.69 Å². The maximum Gasteiger partial charge on any atom is 0.171 e. The van der Waals surface area contributed by atoms with Crippen molar-refractivity contribution in [3.8, 4) is 11.9 Å². The van der Waals surface area contributed by atoms with E-state index in [-0.39, 0.29) is 0 Å². The second-order valence-electron chi connectivity index (χ2n) is 4.77. The molecule has 0 unspecified atom stereocenters. The summed E-state index contributed by atoms with van der Waals surface area (Å²) < 4.78 is 1.62. The summed E-state index contributed by atoms with van der Waals surface area (Å²) in [6.07, 6.45) is 6.36. The highest BCUT2D eigenvalue weighted by molar-refractivity contribution is 5.46. The molecule has 2 heterocycles. The van der Waals surface area contributed by atoms with Crippen LogP contribution in [0.3, 0.4) is 0 Å². The van der Waals surface area contributed by atoms with Crippen molar-refractivity contribution in [1.29, 1.82) is 5.26 Å². The average molecular weight is 255 g/mol. The van der Waals surface area contributed by atoms with Gasteiger partial charge < -0.3 is 5.32 Å². The normalized spacial score (nSPS) is 10.4. The van der Waals surface area contributed by atoms with Crippen LogP contribution in [-0.4, -0.2) is 21.3 Å². The van der Waals surface area contributed by atoms with Crippen LogP contribution in [0.15, 0.2) is 30.7 Å². The fourth-order valence-electron chi connectivity index (χ4n) is 1.70. The zero-order valence-corrected chi connectivity index (χ0v) is 11.2. The van der Waals surface area contributed by atoms with Gasteiger partial charge in [-0.1, -0.05) is 13.8 Å². The van der Waals surface area contributed by atoms with Crippen LogP contribution < -0.4 is 5.32 Å². The third kappa shape index (κ3) is 3.32. The summed E-state index contributed by atoms with van der Waals surface area (Å²) >= 11 is 0. The molecule has 2 rings (SSSR count). The summed E-state index contributed by atoms with van der Waals surface area (Å²) in [5.74, 6) is 1.23. The molecule has 5 nitrogen and oxygen atoms in total. The minimum atomic E-state index is 0.513. The molecule has 0 saturated carbocycles. The highest BCUT2D eigenvalue weighted by Crippen LogP contribution is 2.13. The monoisotopic (exact) mass is 255 g/mol. The lowest BCUT2D eigenvalue weighted by molar-refractivity contribution is 0.607. The van der Waals surface area contributed by atoms with Crippen molar-refractivity contribution in [3.05, 3.63) is 36.3 Å². The fraction of sp³-hybridized carbons (Fsp3) is 0.357. The minimum absolute atomic E-state index is 0.513. The predicted molar refractivity (Wildman–Crippen MR) is 74.0 cm³/mol. The smallest absolute Gasteiger partial charge is 0.171 e. The van der Waals surface area contributed by atoms with Gasteiger partial charge in [0.05, 0.1) is 23.6 Å². The van der Waals surface area contributed by atoms with Gasteiger partial charge in [-0.05, 0) is 24.5 Å². The van der Waals surface area contributed by atoms with E-state index in [1.165, 1.54) is 0 Å². The van der Waals surface area contributed by atoms with Gasteiger partial charge in [0.1, 0.15) is 6.07 Å². The molecule has 0 spiro atoms. The van der Waals surface area contributed by atoms with Crippen molar-refractivity contribution in [2.24, 2.45) is 5.92 Å². The molecule has 2 aromatic heterocycles. The standard InChI is InChI=1S/C14H17N5/c1-11(2)5-7-16-13-9-18-19(10-13)14-12(8-15)4-3-6-17-14/h3-4,6,9-11,16H,5,7H2,1-2H3. The average Bonchev–Trinajstić information content (AvgIpc) is 2.87. The van der Waals surface area contributed by atoms with Crippen molar-refractivity contribution < 1.29 is 0 Å². The predicted octanol–water partition coefficient (Wildman–Crippen LogP) is 2.60. The molecular weight excluding hydrogens is 238 g/mol. The molecule has 1 N–H and O–H groups in total. The van der Waals surface area contributed by atoms with E-state index in [4.69, 9.17) is 5.26 Å². The number of anilines is 1. The molecule has 0 aromatic carbocycles. The maximum atomic E-state index is 9.04. The van der Waals surface area contributed by atoms with E-state index in [0.717, 1.165) is 18.7 Å². The molecule has 0 saturated heterocycles. The number of hydrogen-bond acceptors (Lipinski definition) is 4. The number of nitrogens with one attached hydrogen (secondary N) is 1. The molecule has 0 aliphatic heterocycles. The Labute approximate surface area is 112 Å². The van der Waals surface area contributed by atoms with E-state index in [1.807, 2.05) is 6.20 Å². The lowest BCUT2D eigenvalue weighted by Gasteiger charge is -2.05. The Kier molecular flexibility index (Phi) is 4.14. The lowest BCUT2D eigenvalue weighted by Crippen LogP contribution is -2.04. The second-order valence-corrected chi connectivity index (χ2v) is 4.77. The Morgan fingerprint density at radius 1 is 1.47 bits per heavy atom. The zero-order chi connectivity index (χ0) is 13.7. The number of aromatic nitrogens is 3. The lowest BCUT2D eigenvalue weighted by atomic mass is 10.1. The van der Waals surface area contributed by atoms with Gasteiger partial charge in [0.25, 0.3) is 0 Å². The highest BCUT2D eigenvalue weighted by Gasteiger charge is 2.06. The second kappa shape index (κ2) is 6.01. The van der Waals surface area contributed by atoms with E-state index in [0.29, 0.717) is 17.3 Å². The summed E-state index contributed by atoms with van der Waals surface area (Å²) in [4.78, 5) is 4.19. The molecule has 0 bridgehead atoms. The van der Waals surface area contributed by atoms with Gasteiger partial charge in [0, 0.05) is 12.7 Å². The van der Waals surface area contributed by atoms with Crippen molar-refractivity contribution in [2.75, 3.05) is 11.9 Å². The van der Waals surface area contributed by atoms with E-state index in [1.54, 1.807) is 29.2 Å². The van der Waals surface area contributed by atoms with Gasteiger partial charge in [0.2, 0.25) is 0 Å². The summed E-state index contributed by atoms with van der Waals surface area (Å²) in [5.41, 5.74) is 1.45. The van der Waals surface area contributed by atoms with Crippen LogP contribution in [-0.2, 0) is 0 Å². The van der Waals surface area contributed by atoms with Crippen LogP contribution in [0.5, 0.6) is 0 Å². The van der Waals surface area contributed by atoms with Crippen molar-refractivity contribution in [1.82, 2.24) is 14.8 Å². The van der Waals surface area contributed by atoms with Gasteiger partial charge in [-0.25, -0.2) is 9.67 Å². The molecule has 0 amide bonds.